The molecule has 0 saturated carbocycles. The Morgan fingerprint density at radius 3 is 2.30 bits per heavy atom. The van der Waals surface area contributed by atoms with Crippen molar-refractivity contribution in [3.05, 3.63) is 97.8 Å². The molecule has 152 valence electrons. The van der Waals surface area contributed by atoms with E-state index >= 15 is 0 Å². The molecule has 0 unspecified atom stereocenters. The van der Waals surface area contributed by atoms with Crippen LogP contribution in [0.4, 0.5) is 5.69 Å². The minimum atomic E-state index is -0.232. The van der Waals surface area contributed by atoms with Gasteiger partial charge in [-0.3, -0.25) is 19.4 Å². The summed E-state index contributed by atoms with van der Waals surface area (Å²) in [6, 6.07) is 17.1. The van der Waals surface area contributed by atoms with E-state index < -0.39 is 0 Å². The van der Waals surface area contributed by atoms with E-state index in [1.54, 1.807) is 9.36 Å². The molecule has 0 atom stereocenters. The summed E-state index contributed by atoms with van der Waals surface area (Å²) < 4.78 is 4.82. The highest BCUT2D eigenvalue weighted by atomic mass is 16.1. The first-order valence-corrected chi connectivity index (χ1v) is 9.65. The van der Waals surface area contributed by atoms with E-state index in [1.807, 2.05) is 82.4 Å². The smallest absolute Gasteiger partial charge is 0.295 e. The topological polar surface area (TPSA) is 77.1 Å². The predicted octanol–water partition coefficient (Wildman–Crippen LogP) is 3.33. The number of benzene rings is 2. The Morgan fingerprint density at radius 2 is 1.60 bits per heavy atom. The summed E-state index contributed by atoms with van der Waals surface area (Å²) in [5, 5.41) is 3.09. The second-order valence-electron chi connectivity index (χ2n) is 7.30. The van der Waals surface area contributed by atoms with E-state index in [2.05, 4.69) is 10.1 Å². The molecule has 2 heterocycles. The van der Waals surface area contributed by atoms with E-state index in [4.69, 9.17) is 0 Å². The van der Waals surface area contributed by atoms with Crippen LogP contribution in [0.25, 0.3) is 11.4 Å². The van der Waals surface area contributed by atoms with Gasteiger partial charge in [0.15, 0.2) is 5.69 Å². The van der Waals surface area contributed by atoms with Crippen LogP contribution >= 0.6 is 0 Å². The maximum atomic E-state index is 13.0. The van der Waals surface area contributed by atoms with Gasteiger partial charge in [0.1, 0.15) is 0 Å². The van der Waals surface area contributed by atoms with Crippen LogP contribution in [0.5, 0.6) is 0 Å². The van der Waals surface area contributed by atoms with Gasteiger partial charge in [-0.15, -0.1) is 0 Å². The number of aliphatic imine (C=N–C) groups is 1. The van der Waals surface area contributed by atoms with Gasteiger partial charge in [-0.05, 0) is 50.6 Å². The standard InChI is InChI=1S/C23H23N5O2/c1-15-9-8-12-19(13-15)27-22(29)20(16(2)25-27)14-24-21-17(3)26(4)28(23(21)30)18-10-6-5-7-11-18/h5-14,25H,1-4H3. The molecule has 7 nitrogen and oxygen atoms in total. The fourth-order valence-electron chi connectivity index (χ4n) is 3.49. The first-order chi connectivity index (χ1) is 14.4. The molecule has 2 aromatic heterocycles. The molecule has 0 spiro atoms. The fraction of sp³-hybridized carbons (Fsp3) is 0.174. The van der Waals surface area contributed by atoms with Crippen LogP contribution in [-0.4, -0.2) is 25.4 Å². The van der Waals surface area contributed by atoms with Crippen LogP contribution < -0.4 is 11.1 Å². The normalized spacial score (nSPS) is 11.5. The maximum Gasteiger partial charge on any atom is 0.297 e. The van der Waals surface area contributed by atoms with Crippen LogP contribution in [0.15, 0.2) is 69.2 Å². The van der Waals surface area contributed by atoms with E-state index in [-0.39, 0.29) is 11.1 Å². The van der Waals surface area contributed by atoms with Crippen LogP contribution in [0, 0.1) is 20.8 Å². The van der Waals surface area contributed by atoms with Crippen LogP contribution in [0.1, 0.15) is 22.5 Å². The second-order valence-corrected chi connectivity index (χ2v) is 7.30. The Balaban J connectivity index is 1.78. The monoisotopic (exact) mass is 401 g/mol. The van der Waals surface area contributed by atoms with E-state index in [0.717, 1.165) is 16.9 Å². The molecule has 30 heavy (non-hydrogen) atoms. The van der Waals surface area contributed by atoms with Gasteiger partial charge in [-0.2, -0.15) is 0 Å². The molecule has 4 rings (SSSR count). The lowest BCUT2D eigenvalue weighted by Crippen LogP contribution is -2.19. The number of nitrogens with one attached hydrogen (secondary N) is 1. The lowest BCUT2D eigenvalue weighted by Gasteiger charge is -2.07. The van der Waals surface area contributed by atoms with Gasteiger partial charge in [0.2, 0.25) is 0 Å². The highest BCUT2D eigenvalue weighted by Crippen LogP contribution is 2.17. The third kappa shape index (κ3) is 3.24. The molecule has 0 radical (unpaired) electrons. The molecular weight excluding hydrogens is 378 g/mol. The van der Waals surface area contributed by atoms with Crippen LogP contribution in [-0.2, 0) is 7.05 Å². The van der Waals surface area contributed by atoms with Crippen LogP contribution in [0.3, 0.4) is 0 Å². The van der Waals surface area contributed by atoms with Crippen molar-refractivity contribution in [3.8, 4) is 11.4 Å². The van der Waals surface area contributed by atoms with Gasteiger partial charge in [0.25, 0.3) is 11.1 Å². The maximum absolute atomic E-state index is 13.0. The number of aryl methyl sites for hydroxylation is 2. The molecule has 0 aliphatic rings. The minimum Gasteiger partial charge on any atom is -0.295 e. The minimum absolute atomic E-state index is 0.209. The highest BCUT2D eigenvalue weighted by molar-refractivity contribution is 5.83. The summed E-state index contributed by atoms with van der Waals surface area (Å²) in [4.78, 5) is 30.4. The molecule has 7 heteroatoms. The van der Waals surface area contributed by atoms with Crippen molar-refractivity contribution in [1.82, 2.24) is 19.1 Å². The van der Waals surface area contributed by atoms with E-state index in [1.165, 1.54) is 10.9 Å². The van der Waals surface area contributed by atoms with Crippen LogP contribution in [0.2, 0.25) is 0 Å². The Kier molecular flexibility index (Phi) is 4.87. The zero-order valence-corrected chi connectivity index (χ0v) is 17.4. The van der Waals surface area contributed by atoms with Crippen molar-refractivity contribution in [2.75, 3.05) is 0 Å². The van der Waals surface area contributed by atoms with E-state index in [0.29, 0.717) is 22.6 Å². The summed E-state index contributed by atoms with van der Waals surface area (Å²) in [5.74, 6) is 0. The largest absolute Gasteiger partial charge is 0.297 e. The summed E-state index contributed by atoms with van der Waals surface area (Å²) in [7, 11) is 1.81. The van der Waals surface area contributed by atoms with Crippen molar-refractivity contribution >= 4 is 11.9 Å². The lowest BCUT2D eigenvalue weighted by molar-refractivity contribution is 0.630. The molecule has 0 aliphatic carbocycles. The van der Waals surface area contributed by atoms with Gasteiger partial charge in [0.05, 0.1) is 22.6 Å². The number of H-pyrrole nitrogens is 1. The average Bonchev–Trinajstić information content (AvgIpc) is 3.13. The number of rotatable bonds is 4. The quantitative estimate of drug-likeness (QED) is 0.533. The first-order valence-electron chi connectivity index (χ1n) is 9.65. The highest BCUT2D eigenvalue weighted by Gasteiger charge is 2.16. The van der Waals surface area contributed by atoms with Gasteiger partial charge >= 0.3 is 0 Å². The molecule has 0 fully saturated rings. The zero-order valence-electron chi connectivity index (χ0n) is 17.4. The zero-order chi connectivity index (χ0) is 21.4. The number of para-hydroxylation sites is 1. The average molecular weight is 401 g/mol. The Bertz CT molecular complexity index is 1370. The SMILES string of the molecule is Cc1cccc(-n2[nH]c(C)c(C=Nc3c(C)n(C)n(-c4ccccc4)c3=O)c2=O)c1. The van der Waals surface area contributed by atoms with Crippen molar-refractivity contribution in [2.24, 2.45) is 12.0 Å². The molecular formula is C23H23N5O2. The third-order valence-corrected chi connectivity index (χ3v) is 5.22. The molecule has 1 N–H and O–H groups in total. The molecule has 2 aromatic carbocycles. The molecule has 0 amide bonds. The van der Waals surface area contributed by atoms with Crippen molar-refractivity contribution in [3.63, 3.8) is 0 Å². The number of aromatic amines is 1. The van der Waals surface area contributed by atoms with E-state index in [9.17, 15) is 9.59 Å². The molecule has 0 bridgehead atoms. The predicted molar refractivity (Wildman–Crippen MR) is 119 cm³/mol. The Hall–Kier alpha value is -3.87. The lowest BCUT2D eigenvalue weighted by atomic mass is 10.2. The summed E-state index contributed by atoms with van der Waals surface area (Å²) in [5.41, 5.74) is 4.26. The van der Waals surface area contributed by atoms with Crippen molar-refractivity contribution < 1.29 is 0 Å². The van der Waals surface area contributed by atoms with Crippen molar-refractivity contribution in [2.45, 2.75) is 20.8 Å². The third-order valence-electron chi connectivity index (χ3n) is 5.22. The van der Waals surface area contributed by atoms with Gasteiger partial charge in [-0.1, -0.05) is 30.3 Å². The molecule has 4 aromatic rings. The summed E-state index contributed by atoms with van der Waals surface area (Å²) in [6.45, 7) is 5.63. The van der Waals surface area contributed by atoms with Crippen molar-refractivity contribution in [1.29, 1.82) is 0 Å². The van der Waals surface area contributed by atoms with Gasteiger partial charge < -0.3 is 0 Å². The Morgan fingerprint density at radius 1 is 0.900 bits per heavy atom. The fourth-order valence-corrected chi connectivity index (χ4v) is 3.49. The number of aromatic nitrogens is 4. The summed E-state index contributed by atoms with van der Waals surface area (Å²) >= 11 is 0. The van der Waals surface area contributed by atoms with Gasteiger partial charge in [0, 0.05) is 19.0 Å². The second kappa shape index (κ2) is 7.51. The first kappa shape index (κ1) is 19.4. The Labute approximate surface area is 173 Å². The number of nitrogens with zero attached hydrogens (tertiary/aromatic N) is 4. The number of hydrogen-bond acceptors (Lipinski definition) is 3. The molecule has 0 saturated heterocycles. The number of hydrogen-bond donors (Lipinski definition) is 1. The van der Waals surface area contributed by atoms with Gasteiger partial charge in [-0.25, -0.2) is 14.4 Å². The molecule has 0 aliphatic heterocycles. The summed E-state index contributed by atoms with van der Waals surface area (Å²) in [6.07, 6.45) is 1.47.